The number of hydrogen-bond donors (Lipinski definition) is 0. The Kier molecular flexibility index (Phi) is 6.28. The highest BCUT2D eigenvalue weighted by atomic mass is 19.1. The molecule has 0 spiro atoms. The number of benzene rings is 8. The molecule has 5 heteroatoms. The van der Waals surface area contributed by atoms with Crippen molar-refractivity contribution in [1.29, 1.82) is 0 Å². The molecule has 222 valence electrons. The minimum absolute atomic E-state index is 0.279. The molecule has 0 radical (unpaired) electrons. The molecule has 4 nitrogen and oxygen atoms in total. The summed E-state index contributed by atoms with van der Waals surface area (Å²) in [7, 11) is 0. The van der Waals surface area contributed by atoms with Gasteiger partial charge in [-0.05, 0) is 86.9 Å². The zero-order valence-electron chi connectivity index (χ0n) is 25.3. The maximum Gasteiger partial charge on any atom is 0.234 e. The van der Waals surface area contributed by atoms with Crippen LogP contribution < -0.4 is 9.80 Å². The number of hydrogen-bond acceptors (Lipinski definition) is 4. The van der Waals surface area contributed by atoms with Crippen LogP contribution in [0.1, 0.15) is 0 Å². The maximum atomic E-state index is 15.5. The lowest BCUT2D eigenvalue weighted by Gasteiger charge is -2.28. The quantitative estimate of drug-likeness (QED) is 0.176. The van der Waals surface area contributed by atoms with Gasteiger partial charge in [0.1, 0.15) is 5.82 Å². The molecular weight excluding hydrogens is 579 g/mol. The van der Waals surface area contributed by atoms with E-state index in [1.807, 2.05) is 53.4 Å². The Morgan fingerprint density at radius 2 is 0.979 bits per heavy atom. The van der Waals surface area contributed by atoms with Crippen molar-refractivity contribution in [2.24, 2.45) is 0 Å². The first-order valence-electron chi connectivity index (χ1n) is 15.6. The zero-order valence-corrected chi connectivity index (χ0v) is 25.3. The first-order chi connectivity index (χ1) is 23.2. The van der Waals surface area contributed by atoms with Gasteiger partial charge >= 0.3 is 0 Å². The van der Waals surface area contributed by atoms with Crippen LogP contribution in [-0.2, 0) is 0 Å². The molecule has 8 aromatic carbocycles. The van der Waals surface area contributed by atoms with Crippen LogP contribution in [0.4, 0.5) is 38.8 Å². The van der Waals surface area contributed by atoms with Crippen LogP contribution in [0, 0.1) is 5.82 Å². The Bertz CT molecular complexity index is 2550. The Morgan fingerprint density at radius 3 is 1.68 bits per heavy atom. The average Bonchev–Trinajstić information content (AvgIpc) is 3.13. The molecule has 1 heterocycles. The molecule has 0 saturated heterocycles. The van der Waals surface area contributed by atoms with Gasteiger partial charge in [0, 0.05) is 34.5 Å². The van der Waals surface area contributed by atoms with Crippen LogP contribution in [-0.4, -0.2) is 9.97 Å². The first-order valence-corrected chi connectivity index (χ1v) is 15.6. The summed E-state index contributed by atoms with van der Waals surface area (Å²) in [5.74, 6) is 0.312. The molecule has 0 N–H and O–H groups in total. The molecule has 0 aliphatic heterocycles. The number of fused-ring (bicyclic) bond motifs is 1. The van der Waals surface area contributed by atoms with Crippen LogP contribution >= 0.6 is 0 Å². The predicted molar refractivity (Wildman–Crippen MR) is 193 cm³/mol. The third kappa shape index (κ3) is 4.43. The lowest BCUT2D eigenvalue weighted by molar-refractivity contribution is 0.629. The van der Waals surface area contributed by atoms with Gasteiger partial charge < -0.3 is 4.90 Å². The smallest absolute Gasteiger partial charge is 0.234 e. The van der Waals surface area contributed by atoms with Crippen molar-refractivity contribution in [3.05, 3.63) is 170 Å². The standard InChI is InChI=1S/C42H27FN4/c43-36-13-6-7-14-39(36)46(32-11-2-1-3-12-32)37-23-18-29-17-22-35-38(24-19-30-16-21-34(37)40(29)41(30)35)47(42-44-25-8-26-45-42)33-20-15-28-9-4-5-10-31(28)27-33/h1-27H. The molecule has 0 fully saturated rings. The number of rotatable bonds is 6. The normalized spacial score (nSPS) is 11.5. The van der Waals surface area contributed by atoms with Crippen molar-refractivity contribution in [3.8, 4) is 0 Å². The molecule has 0 atom stereocenters. The van der Waals surface area contributed by atoms with E-state index < -0.39 is 0 Å². The van der Waals surface area contributed by atoms with E-state index >= 15 is 4.39 Å². The molecule has 0 bridgehead atoms. The molecule has 9 aromatic rings. The van der Waals surface area contributed by atoms with E-state index in [0.717, 1.165) is 60.5 Å². The van der Waals surface area contributed by atoms with E-state index in [1.165, 1.54) is 11.5 Å². The molecular formula is C42H27FN4. The Morgan fingerprint density at radius 1 is 0.404 bits per heavy atom. The lowest BCUT2D eigenvalue weighted by Crippen LogP contribution is -2.14. The largest absolute Gasteiger partial charge is 0.307 e. The van der Waals surface area contributed by atoms with Crippen LogP contribution in [0.5, 0.6) is 0 Å². The molecule has 0 aliphatic rings. The predicted octanol–water partition coefficient (Wildman–Crippen LogP) is 11.6. The Balaban J connectivity index is 1.32. The first kappa shape index (κ1) is 27.0. The summed E-state index contributed by atoms with van der Waals surface area (Å²) in [4.78, 5) is 13.6. The van der Waals surface area contributed by atoms with E-state index in [1.54, 1.807) is 18.5 Å². The molecule has 0 amide bonds. The monoisotopic (exact) mass is 606 g/mol. The van der Waals surface area contributed by atoms with Gasteiger partial charge in [0.25, 0.3) is 0 Å². The molecule has 0 saturated carbocycles. The second kappa shape index (κ2) is 10.9. The van der Waals surface area contributed by atoms with Gasteiger partial charge in [0.05, 0.1) is 17.1 Å². The van der Waals surface area contributed by atoms with Crippen molar-refractivity contribution in [1.82, 2.24) is 9.97 Å². The van der Waals surface area contributed by atoms with Crippen molar-refractivity contribution in [2.45, 2.75) is 0 Å². The maximum absolute atomic E-state index is 15.5. The Hall–Kier alpha value is -6.33. The summed E-state index contributed by atoms with van der Waals surface area (Å²) in [6.07, 6.45) is 3.55. The van der Waals surface area contributed by atoms with Gasteiger partial charge in [0.15, 0.2) is 0 Å². The summed E-state index contributed by atoms with van der Waals surface area (Å²) in [5.41, 5.74) is 4.25. The van der Waals surface area contributed by atoms with Crippen LogP contribution in [0.3, 0.4) is 0 Å². The van der Waals surface area contributed by atoms with Crippen molar-refractivity contribution in [2.75, 3.05) is 9.80 Å². The summed E-state index contributed by atoms with van der Waals surface area (Å²) < 4.78 is 15.5. The topological polar surface area (TPSA) is 32.3 Å². The molecule has 47 heavy (non-hydrogen) atoms. The average molecular weight is 607 g/mol. The van der Waals surface area contributed by atoms with E-state index in [2.05, 4.69) is 95.9 Å². The van der Waals surface area contributed by atoms with E-state index in [4.69, 9.17) is 9.97 Å². The third-order valence-corrected chi connectivity index (χ3v) is 8.95. The number of nitrogens with zero attached hydrogens (tertiary/aromatic N) is 4. The molecule has 9 rings (SSSR count). The van der Waals surface area contributed by atoms with Crippen LogP contribution in [0.25, 0.3) is 43.1 Å². The molecule has 0 unspecified atom stereocenters. The minimum Gasteiger partial charge on any atom is -0.307 e. The third-order valence-electron chi connectivity index (χ3n) is 8.95. The minimum atomic E-state index is -0.279. The van der Waals surface area contributed by atoms with E-state index in [0.29, 0.717) is 11.6 Å². The summed E-state index contributed by atoms with van der Waals surface area (Å²) >= 11 is 0. The van der Waals surface area contributed by atoms with Crippen molar-refractivity contribution in [3.63, 3.8) is 0 Å². The summed E-state index contributed by atoms with van der Waals surface area (Å²) in [6, 6.07) is 50.9. The van der Waals surface area contributed by atoms with Gasteiger partial charge in [-0.25, -0.2) is 14.4 Å². The summed E-state index contributed by atoms with van der Waals surface area (Å²) in [6.45, 7) is 0. The Labute approximate surface area is 270 Å². The fraction of sp³-hybridized carbons (Fsp3) is 0. The van der Waals surface area contributed by atoms with E-state index in [9.17, 15) is 0 Å². The van der Waals surface area contributed by atoms with E-state index in [-0.39, 0.29) is 5.82 Å². The van der Waals surface area contributed by atoms with Gasteiger partial charge in [0.2, 0.25) is 5.95 Å². The lowest BCUT2D eigenvalue weighted by atomic mass is 9.92. The SMILES string of the molecule is Fc1ccccc1N(c1ccccc1)c1ccc2ccc3c(N(c4ccc5ccccc5c4)c4ncccn4)ccc4ccc1c2c43. The van der Waals surface area contributed by atoms with Crippen molar-refractivity contribution < 1.29 is 4.39 Å². The molecule has 0 aliphatic carbocycles. The highest BCUT2D eigenvalue weighted by Crippen LogP contribution is 2.47. The van der Waals surface area contributed by atoms with Gasteiger partial charge in [-0.2, -0.15) is 0 Å². The van der Waals surface area contributed by atoms with Crippen LogP contribution in [0.2, 0.25) is 0 Å². The van der Waals surface area contributed by atoms with Gasteiger partial charge in [-0.1, -0.05) is 97.1 Å². The zero-order chi connectivity index (χ0) is 31.3. The fourth-order valence-electron chi connectivity index (χ4n) is 6.86. The second-order valence-corrected chi connectivity index (χ2v) is 11.6. The second-order valence-electron chi connectivity index (χ2n) is 11.6. The highest BCUT2D eigenvalue weighted by Gasteiger charge is 2.23. The number of aromatic nitrogens is 2. The van der Waals surface area contributed by atoms with Gasteiger partial charge in [-0.3, -0.25) is 4.90 Å². The fourth-order valence-corrected chi connectivity index (χ4v) is 6.86. The summed E-state index contributed by atoms with van der Waals surface area (Å²) in [5, 5.41) is 8.95. The number of anilines is 6. The molecule has 1 aromatic heterocycles. The number of halogens is 1. The van der Waals surface area contributed by atoms with Gasteiger partial charge in [-0.15, -0.1) is 0 Å². The number of para-hydroxylation sites is 2. The van der Waals surface area contributed by atoms with Crippen LogP contribution in [0.15, 0.2) is 164 Å². The highest BCUT2D eigenvalue weighted by molar-refractivity contribution is 6.28. The van der Waals surface area contributed by atoms with Crippen molar-refractivity contribution >= 4 is 77.5 Å².